The summed E-state index contributed by atoms with van der Waals surface area (Å²) in [6.45, 7) is -1.08. The number of hydrogen-bond acceptors (Lipinski definition) is 1. The van der Waals surface area contributed by atoms with Gasteiger partial charge in [-0.1, -0.05) is 0 Å². The molecule has 1 N–H and O–H groups in total. The molecule has 0 spiro atoms. The summed E-state index contributed by atoms with van der Waals surface area (Å²) in [5, 5.41) is 0.266. The average Bonchev–Trinajstić information content (AvgIpc) is 2.48. The molecular weight excluding hydrogens is 209 g/mol. The van der Waals surface area contributed by atoms with Crippen molar-refractivity contribution in [3.05, 3.63) is 34.9 Å². The minimum atomic E-state index is -4.28. The summed E-state index contributed by atoms with van der Waals surface area (Å²) >= 11 is 0. The van der Waals surface area contributed by atoms with Crippen LogP contribution >= 0.6 is 0 Å². The number of aromatic amines is 1. The van der Waals surface area contributed by atoms with Crippen molar-refractivity contribution in [3.8, 4) is 0 Å². The smallest absolute Gasteiger partial charge is 0.338 e. The van der Waals surface area contributed by atoms with Crippen LogP contribution in [0.15, 0.2) is 29.3 Å². The molecule has 0 unspecified atom stereocenters. The summed E-state index contributed by atoms with van der Waals surface area (Å²) in [5.41, 5.74) is -0.0931. The van der Waals surface area contributed by atoms with Gasteiger partial charge in [0.2, 0.25) is 0 Å². The fraction of sp³-hybridized carbons (Fsp3) is 0.222. The molecule has 0 saturated heterocycles. The fourth-order valence-electron chi connectivity index (χ4n) is 1.47. The molecule has 0 radical (unpaired) electrons. The van der Waals surface area contributed by atoms with Gasteiger partial charge in [0.15, 0.2) is 0 Å². The van der Waals surface area contributed by atoms with E-state index in [1.54, 1.807) is 0 Å². The third-order valence-electron chi connectivity index (χ3n) is 2.06. The van der Waals surface area contributed by atoms with Gasteiger partial charge in [-0.25, -0.2) is 0 Å². The van der Waals surface area contributed by atoms with E-state index in [0.717, 1.165) is 4.57 Å². The lowest BCUT2D eigenvalue weighted by Crippen LogP contribution is -2.17. The van der Waals surface area contributed by atoms with E-state index in [2.05, 4.69) is 4.98 Å². The standard InChI is InChI=1S/C9H7F3N2O/c10-9(11,12)5-14-4-2-6-7(14)1-3-13-8(6)15/h1-4H,5H2,(H,13,15). The van der Waals surface area contributed by atoms with Gasteiger partial charge in [-0.15, -0.1) is 0 Å². The second kappa shape index (κ2) is 3.15. The van der Waals surface area contributed by atoms with Crippen molar-refractivity contribution in [1.29, 1.82) is 0 Å². The molecule has 0 saturated carbocycles. The Morgan fingerprint density at radius 2 is 2.07 bits per heavy atom. The summed E-state index contributed by atoms with van der Waals surface area (Å²) < 4.78 is 37.4. The highest BCUT2D eigenvalue weighted by molar-refractivity contribution is 5.78. The summed E-state index contributed by atoms with van der Waals surface area (Å²) in [4.78, 5) is 13.6. The highest BCUT2D eigenvalue weighted by Crippen LogP contribution is 2.20. The van der Waals surface area contributed by atoms with Crippen molar-refractivity contribution in [3.63, 3.8) is 0 Å². The van der Waals surface area contributed by atoms with Crippen molar-refractivity contribution in [2.45, 2.75) is 12.7 Å². The number of rotatable bonds is 1. The molecule has 0 aliphatic rings. The molecule has 0 aliphatic carbocycles. The summed E-state index contributed by atoms with van der Waals surface area (Å²) in [6.07, 6.45) is -1.69. The van der Waals surface area contributed by atoms with Gasteiger partial charge in [-0.05, 0) is 12.1 Å². The van der Waals surface area contributed by atoms with Crippen molar-refractivity contribution in [2.75, 3.05) is 0 Å². The Balaban J connectivity index is 2.55. The van der Waals surface area contributed by atoms with E-state index in [1.807, 2.05) is 0 Å². The largest absolute Gasteiger partial charge is 0.406 e. The van der Waals surface area contributed by atoms with Gasteiger partial charge in [0.25, 0.3) is 5.56 Å². The van der Waals surface area contributed by atoms with Gasteiger partial charge >= 0.3 is 6.18 Å². The zero-order valence-electron chi connectivity index (χ0n) is 7.51. The first-order chi connectivity index (χ1) is 6.97. The monoisotopic (exact) mass is 216 g/mol. The number of nitrogens with zero attached hydrogens (tertiary/aromatic N) is 1. The number of fused-ring (bicyclic) bond motifs is 1. The number of aromatic nitrogens is 2. The van der Waals surface area contributed by atoms with Gasteiger partial charge < -0.3 is 9.55 Å². The lowest BCUT2D eigenvalue weighted by atomic mass is 10.3. The highest BCUT2D eigenvalue weighted by atomic mass is 19.4. The molecule has 6 heteroatoms. The van der Waals surface area contributed by atoms with Gasteiger partial charge in [0.05, 0.1) is 10.9 Å². The van der Waals surface area contributed by atoms with Crippen LogP contribution in [0.5, 0.6) is 0 Å². The average molecular weight is 216 g/mol. The Morgan fingerprint density at radius 1 is 1.33 bits per heavy atom. The Hall–Kier alpha value is -1.72. The van der Waals surface area contributed by atoms with Crippen LogP contribution < -0.4 is 5.56 Å². The number of halogens is 3. The molecule has 0 atom stereocenters. The van der Waals surface area contributed by atoms with E-state index in [4.69, 9.17) is 0 Å². The molecular formula is C9H7F3N2O. The summed E-state index contributed by atoms with van der Waals surface area (Å²) in [5.74, 6) is 0. The van der Waals surface area contributed by atoms with Crippen molar-refractivity contribution < 1.29 is 13.2 Å². The first-order valence-electron chi connectivity index (χ1n) is 4.21. The van der Waals surface area contributed by atoms with E-state index in [-0.39, 0.29) is 16.5 Å². The first kappa shape index (κ1) is 9.82. The number of H-pyrrole nitrogens is 1. The van der Waals surface area contributed by atoms with Crippen LogP contribution in [-0.4, -0.2) is 15.7 Å². The number of pyridine rings is 1. The maximum atomic E-state index is 12.1. The normalized spacial score (nSPS) is 12.2. The molecule has 2 aromatic heterocycles. The van der Waals surface area contributed by atoms with E-state index < -0.39 is 12.7 Å². The van der Waals surface area contributed by atoms with Gasteiger partial charge in [-0.3, -0.25) is 4.79 Å². The third-order valence-corrected chi connectivity index (χ3v) is 2.06. The maximum absolute atomic E-state index is 12.1. The van der Waals surface area contributed by atoms with Crippen LogP contribution in [0.2, 0.25) is 0 Å². The Morgan fingerprint density at radius 3 is 2.73 bits per heavy atom. The number of nitrogens with one attached hydrogen (secondary N) is 1. The SMILES string of the molecule is O=c1[nH]ccc2c1ccn2CC(F)(F)F. The molecule has 3 nitrogen and oxygen atoms in total. The molecule has 2 aromatic rings. The number of alkyl halides is 3. The fourth-order valence-corrected chi connectivity index (χ4v) is 1.47. The van der Waals surface area contributed by atoms with Crippen molar-refractivity contribution >= 4 is 10.9 Å². The van der Waals surface area contributed by atoms with Crippen LogP contribution in [0.4, 0.5) is 13.2 Å². The Bertz CT molecular complexity index is 538. The Labute approximate surface area is 82.1 Å². The predicted octanol–water partition coefficient (Wildman–Crippen LogP) is 1.89. The lowest BCUT2D eigenvalue weighted by Gasteiger charge is -2.08. The van der Waals surface area contributed by atoms with Crippen LogP contribution in [-0.2, 0) is 6.54 Å². The number of hydrogen-bond donors (Lipinski definition) is 1. The second-order valence-electron chi connectivity index (χ2n) is 3.16. The molecule has 0 aromatic carbocycles. The zero-order valence-corrected chi connectivity index (χ0v) is 7.51. The molecule has 2 rings (SSSR count). The Kier molecular flexibility index (Phi) is 2.06. The van der Waals surface area contributed by atoms with Crippen molar-refractivity contribution in [1.82, 2.24) is 9.55 Å². The highest BCUT2D eigenvalue weighted by Gasteiger charge is 2.28. The zero-order chi connectivity index (χ0) is 11.1. The predicted molar refractivity (Wildman–Crippen MR) is 48.6 cm³/mol. The topological polar surface area (TPSA) is 37.8 Å². The molecule has 2 heterocycles. The summed E-state index contributed by atoms with van der Waals surface area (Å²) in [6, 6.07) is 2.82. The lowest BCUT2D eigenvalue weighted by molar-refractivity contribution is -0.139. The third kappa shape index (κ3) is 1.88. The molecule has 15 heavy (non-hydrogen) atoms. The summed E-state index contributed by atoms with van der Waals surface area (Å²) in [7, 11) is 0. The van der Waals surface area contributed by atoms with Gasteiger partial charge in [0.1, 0.15) is 6.54 Å². The second-order valence-corrected chi connectivity index (χ2v) is 3.16. The van der Waals surface area contributed by atoms with E-state index in [1.165, 1.54) is 24.5 Å². The van der Waals surface area contributed by atoms with Crippen LogP contribution in [0.1, 0.15) is 0 Å². The first-order valence-corrected chi connectivity index (χ1v) is 4.21. The maximum Gasteiger partial charge on any atom is 0.406 e. The molecule has 0 aliphatic heterocycles. The van der Waals surface area contributed by atoms with Gasteiger partial charge in [0, 0.05) is 12.4 Å². The van der Waals surface area contributed by atoms with Crippen LogP contribution in [0.25, 0.3) is 10.9 Å². The van der Waals surface area contributed by atoms with Gasteiger partial charge in [-0.2, -0.15) is 13.2 Å². The van der Waals surface area contributed by atoms with Crippen LogP contribution in [0, 0.1) is 0 Å². The van der Waals surface area contributed by atoms with E-state index >= 15 is 0 Å². The van der Waals surface area contributed by atoms with Crippen molar-refractivity contribution in [2.24, 2.45) is 0 Å². The van der Waals surface area contributed by atoms with E-state index in [9.17, 15) is 18.0 Å². The molecule has 0 bridgehead atoms. The minimum Gasteiger partial charge on any atom is -0.338 e. The van der Waals surface area contributed by atoms with Crippen LogP contribution in [0.3, 0.4) is 0 Å². The molecule has 0 fully saturated rings. The minimum absolute atomic E-state index is 0.266. The molecule has 0 amide bonds. The molecule has 80 valence electrons. The van der Waals surface area contributed by atoms with E-state index in [0.29, 0.717) is 0 Å². The quantitative estimate of drug-likeness (QED) is 0.776.